The molecule has 4 heteroatoms. The fourth-order valence-electron chi connectivity index (χ4n) is 8.22. The van der Waals surface area contributed by atoms with Crippen LogP contribution in [0.25, 0.3) is 110 Å². The molecule has 0 saturated carbocycles. The lowest BCUT2D eigenvalue weighted by Gasteiger charge is -2.15. The van der Waals surface area contributed by atoms with Crippen LogP contribution in [0.15, 0.2) is 182 Å². The molecular weight excluding hydrogens is 657 g/mol. The summed E-state index contributed by atoms with van der Waals surface area (Å²) in [5, 5.41) is 13.0. The summed E-state index contributed by atoms with van der Waals surface area (Å²) in [5.41, 5.74) is 5.83. The monoisotopic (exact) mass is 686 g/mol. The molecule has 2 aromatic heterocycles. The quantitative estimate of drug-likeness (QED) is 0.173. The van der Waals surface area contributed by atoms with Crippen LogP contribution in [0.2, 0.25) is 0 Å². The molecule has 11 aromatic rings. The summed E-state index contributed by atoms with van der Waals surface area (Å²) in [4.78, 5) is 20.6. The van der Waals surface area contributed by atoms with Crippen molar-refractivity contribution >= 4 is 64.8 Å². The summed E-state index contributed by atoms with van der Waals surface area (Å²) < 4.78 is 0. The fraction of sp³-hybridized carbons (Fsp3) is 0. The van der Waals surface area contributed by atoms with Gasteiger partial charge in [-0.25, -0.2) is 19.9 Å². The van der Waals surface area contributed by atoms with Crippen molar-refractivity contribution in [2.45, 2.75) is 0 Å². The van der Waals surface area contributed by atoms with Gasteiger partial charge in [-0.1, -0.05) is 170 Å². The van der Waals surface area contributed by atoms with Gasteiger partial charge < -0.3 is 0 Å². The molecule has 0 spiro atoms. The van der Waals surface area contributed by atoms with E-state index < -0.39 is 0 Å². The second-order valence-electron chi connectivity index (χ2n) is 13.8. The van der Waals surface area contributed by atoms with Crippen molar-refractivity contribution in [3.63, 3.8) is 0 Å². The summed E-state index contributed by atoms with van der Waals surface area (Å²) in [5.74, 6) is 1.76. The predicted octanol–water partition coefficient (Wildman–Crippen LogP) is 12.9. The summed E-state index contributed by atoms with van der Waals surface area (Å²) in [6.45, 7) is 0. The Labute approximate surface area is 311 Å². The number of benzene rings is 9. The zero-order valence-corrected chi connectivity index (χ0v) is 29.1. The van der Waals surface area contributed by atoms with E-state index in [2.05, 4.69) is 140 Å². The summed E-state index contributed by atoms with van der Waals surface area (Å²) >= 11 is 0. The van der Waals surface area contributed by atoms with E-state index in [-0.39, 0.29) is 0 Å². The highest BCUT2D eigenvalue weighted by Gasteiger charge is 2.19. The molecule has 0 aliphatic heterocycles. The Morgan fingerprint density at radius 3 is 1.43 bits per heavy atom. The number of aromatic nitrogens is 4. The number of pyridine rings is 1. The van der Waals surface area contributed by atoms with Crippen molar-refractivity contribution in [3.05, 3.63) is 182 Å². The molecular formula is C50H30N4. The van der Waals surface area contributed by atoms with Gasteiger partial charge in [0.05, 0.1) is 5.52 Å². The maximum atomic E-state index is 5.23. The minimum atomic E-state index is 0.544. The minimum absolute atomic E-state index is 0.544. The molecule has 0 radical (unpaired) electrons. The van der Waals surface area contributed by atoms with Crippen LogP contribution in [-0.2, 0) is 0 Å². The lowest BCUT2D eigenvalue weighted by Crippen LogP contribution is -2.02. The maximum Gasteiger partial charge on any atom is 0.183 e. The minimum Gasteiger partial charge on any atom is -0.244 e. The predicted molar refractivity (Wildman–Crippen MR) is 224 cm³/mol. The maximum absolute atomic E-state index is 5.23. The summed E-state index contributed by atoms with van der Waals surface area (Å²) in [7, 11) is 0. The van der Waals surface area contributed by atoms with Crippen LogP contribution >= 0.6 is 0 Å². The van der Waals surface area contributed by atoms with E-state index in [0.29, 0.717) is 17.5 Å². The highest BCUT2D eigenvalue weighted by Crippen LogP contribution is 2.40. The van der Waals surface area contributed by atoms with Gasteiger partial charge in [0.2, 0.25) is 0 Å². The second-order valence-corrected chi connectivity index (χ2v) is 13.8. The first-order valence-corrected chi connectivity index (χ1v) is 18.2. The molecule has 11 rings (SSSR count). The highest BCUT2D eigenvalue weighted by molar-refractivity contribution is 6.26. The first-order valence-electron chi connectivity index (χ1n) is 18.2. The summed E-state index contributed by atoms with van der Waals surface area (Å²) in [6, 6.07) is 64.1. The Morgan fingerprint density at radius 1 is 0.241 bits per heavy atom. The van der Waals surface area contributed by atoms with Gasteiger partial charge >= 0.3 is 0 Å². The molecule has 9 aromatic carbocycles. The molecule has 0 unspecified atom stereocenters. The number of hydrogen-bond donors (Lipinski definition) is 0. The normalized spacial score (nSPS) is 11.7. The number of fused-ring (bicyclic) bond motifs is 10. The highest BCUT2D eigenvalue weighted by atomic mass is 15.0. The van der Waals surface area contributed by atoms with Crippen molar-refractivity contribution < 1.29 is 0 Å². The van der Waals surface area contributed by atoms with Crippen LogP contribution in [0.5, 0.6) is 0 Å². The molecule has 54 heavy (non-hydrogen) atoms. The molecule has 4 nitrogen and oxygen atoms in total. The van der Waals surface area contributed by atoms with Crippen LogP contribution in [0.3, 0.4) is 0 Å². The topological polar surface area (TPSA) is 51.6 Å². The van der Waals surface area contributed by atoms with Crippen molar-refractivity contribution in [2.75, 3.05) is 0 Å². The largest absolute Gasteiger partial charge is 0.244 e. The molecule has 0 aliphatic rings. The van der Waals surface area contributed by atoms with Gasteiger partial charge in [-0.2, -0.15) is 0 Å². The third-order valence-corrected chi connectivity index (χ3v) is 10.7. The SMILES string of the molecule is c1ccc(-c2nc(-c3cccc4c(-c5ccc6c7ccccc7c7ccccc7c6c5)cccc34)nc(-c3nc4ccccc4c4ccccc34)n2)cc1. The number of rotatable bonds is 4. The second kappa shape index (κ2) is 12.1. The summed E-state index contributed by atoms with van der Waals surface area (Å²) in [6.07, 6.45) is 0. The number of nitrogens with zero attached hydrogens (tertiary/aromatic N) is 4. The van der Waals surface area contributed by atoms with Crippen molar-refractivity contribution in [2.24, 2.45) is 0 Å². The van der Waals surface area contributed by atoms with E-state index in [0.717, 1.165) is 54.8 Å². The molecule has 0 saturated heterocycles. The van der Waals surface area contributed by atoms with E-state index >= 15 is 0 Å². The smallest absolute Gasteiger partial charge is 0.183 e. The third kappa shape index (κ3) is 4.78. The Kier molecular flexibility index (Phi) is 6.82. The number of hydrogen-bond acceptors (Lipinski definition) is 4. The molecule has 0 N–H and O–H groups in total. The van der Waals surface area contributed by atoms with Crippen LogP contribution in [-0.4, -0.2) is 19.9 Å². The molecule has 0 atom stereocenters. The van der Waals surface area contributed by atoms with Crippen LogP contribution in [0.4, 0.5) is 0 Å². The average Bonchev–Trinajstić information content (AvgIpc) is 3.25. The fourth-order valence-corrected chi connectivity index (χ4v) is 8.22. The lowest BCUT2D eigenvalue weighted by atomic mass is 9.90. The van der Waals surface area contributed by atoms with Crippen molar-refractivity contribution in [3.8, 4) is 45.4 Å². The zero-order chi connectivity index (χ0) is 35.6. The van der Waals surface area contributed by atoms with E-state index in [1.165, 1.54) is 37.9 Å². The molecule has 0 aliphatic carbocycles. The first kappa shape index (κ1) is 30.3. The number of para-hydroxylation sites is 1. The Balaban J connectivity index is 1.14. The van der Waals surface area contributed by atoms with Gasteiger partial charge in [-0.05, 0) is 71.7 Å². The van der Waals surface area contributed by atoms with Crippen LogP contribution < -0.4 is 0 Å². The van der Waals surface area contributed by atoms with Crippen LogP contribution in [0, 0.1) is 0 Å². The molecule has 2 heterocycles. The zero-order valence-electron chi connectivity index (χ0n) is 29.1. The Hall–Kier alpha value is -7.30. The van der Waals surface area contributed by atoms with Gasteiger partial charge in [0.25, 0.3) is 0 Å². The Morgan fingerprint density at radius 2 is 0.722 bits per heavy atom. The van der Waals surface area contributed by atoms with Gasteiger partial charge in [0.15, 0.2) is 17.5 Å². The molecule has 0 fully saturated rings. The van der Waals surface area contributed by atoms with E-state index in [4.69, 9.17) is 19.9 Å². The van der Waals surface area contributed by atoms with Gasteiger partial charge in [-0.15, -0.1) is 0 Å². The average molecular weight is 687 g/mol. The van der Waals surface area contributed by atoms with Gasteiger partial charge in [0, 0.05) is 21.9 Å². The molecule has 250 valence electrons. The molecule has 0 bridgehead atoms. The van der Waals surface area contributed by atoms with Crippen LogP contribution in [0.1, 0.15) is 0 Å². The van der Waals surface area contributed by atoms with E-state index in [9.17, 15) is 0 Å². The van der Waals surface area contributed by atoms with Gasteiger partial charge in [-0.3, -0.25) is 0 Å². The standard InChI is InChI=1S/C50H30N4/c1-2-14-31(15-3-1)48-52-49(54-50(53-48)47-43-22-9-8-20-40(43)42-21-10-11-27-46(42)51-47)44-26-13-24-34-33(23-12-25-38(34)44)32-28-29-41-37-18-5-4-16-35(37)36-17-6-7-19-39(36)45(41)30-32/h1-30H. The Bertz CT molecular complexity index is 3240. The van der Waals surface area contributed by atoms with Crippen molar-refractivity contribution in [1.29, 1.82) is 0 Å². The lowest BCUT2D eigenvalue weighted by molar-refractivity contribution is 1.07. The third-order valence-electron chi connectivity index (χ3n) is 10.7. The van der Waals surface area contributed by atoms with Crippen molar-refractivity contribution in [1.82, 2.24) is 19.9 Å². The van der Waals surface area contributed by atoms with E-state index in [1.54, 1.807) is 0 Å². The van der Waals surface area contributed by atoms with Gasteiger partial charge in [0.1, 0.15) is 5.69 Å². The molecule has 0 amide bonds. The van der Waals surface area contributed by atoms with E-state index in [1.807, 2.05) is 42.5 Å². The first-order chi connectivity index (χ1) is 26.8.